The summed E-state index contributed by atoms with van der Waals surface area (Å²) in [5.74, 6) is 1.59. The summed E-state index contributed by atoms with van der Waals surface area (Å²) in [5.41, 5.74) is 1.77. The van der Waals surface area contributed by atoms with Crippen LogP contribution in [0.3, 0.4) is 0 Å². The lowest BCUT2D eigenvalue weighted by Crippen LogP contribution is -2.26. The van der Waals surface area contributed by atoms with Crippen LogP contribution in [-0.4, -0.2) is 36.3 Å². The Labute approximate surface area is 148 Å². The second-order valence-electron chi connectivity index (χ2n) is 5.50. The van der Waals surface area contributed by atoms with Crippen molar-refractivity contribution in [2.24, 2.45) is 0 Å². The van der Waals surface area contributed by atoms with Gasteiger partial charge in [0.1, 0.15) is 0 Å². The number of benzene rings is 2. The molecule has 0 saturated carbocycles. The lowest BCUT2D eigenvalue weighted by molar-refractivity contribution is 0.324. The van der Waals surface area contributed by atoms with E-state index in [9.17, 15) is 8.42 Å². The molecule has 0 aliphatic heterocycles. The van der Waals surface area contributed by atoms with Crippen molar-refractivity contribution in [1.82, 2.24) is 4.72 Å². The van der Waals surface area contributed by atoms with E-state index >= 15 is 0 Å². The molecule has 1 N–H and O–H groups in total. The minimum Gasteiger partial charge on any atom is -0.493 e. The quantitative estimate of drug-likeness (QED) is 0.778. The fraction of sp³-hybridized carbons (Fsp3) is 0.333. The third-order valence-corrected chi connectivity index (χ3v) is 5.19. The lowest BCUT2D eigenvalue weighted by Gasteiger charge is -2.14. The van der Waals surface area contributed by atoms with Crippen molar-refractivity contribution < 1.29 is 22.6 Å². The molecule has 7 heteroatoms. The van der Waals surface area contributed by atoms with Crippen molar-refractivity contribution >= 4 is 10.0 Å². The van der Waals surface area contributed by atoms with Gasteiger partial charge in [0.05, 0.1) is 26.2 Å². The molecule has 0 bridgehead atoms. The molecule has 2 aromatic carbocycles. The van der Waals surface area contributed by atoms with Crippen molar-refractivity contribution in [2.45, 2.75) is 18.2 Å². The monoisotopic (exact) mass is 365 g/mol. The van der Waals surface area contributed by atoms with Crippen LogP contribution in [-0.2, 0) is 16.4 Å². The van der Waals surface area contributed by atoms with Crippen LogP contribution in [0.25, 0.3) is 0 Å². The predicted octanol–water partition coefficient (Wildman–Crippen LogP) is 2.54. The van der Waals surface area contributed by atoms with E-state index in [2.05, 4.69) is 4.72 Å². The molecule has 0 spiro atoms. The molecular formula is C18H23NO5S. The van der Waals surface area contributed by atoms with Gasteiger partial charge in [0.2, 0.25) is 15.8 Å². The highest BCUT2D eigenvalue weighted by Gasteiger charge is 2.15. The van der Waals surface area contributed by atoms with Crippen LogP contribution in [0.15, 0.2) is 41.3 Å². The highest BCUT2D eigenvalue weighted by Crippen LogP contribution is 2.38. The Hall–Kier alpha value is -2.25. The molecule has 2 aromatic rings. The van der Waals surface area contributed by atoms with Gasteiger partial charge in [-0.1, -0.05) is 12.1 Å². The minimum absolute atomic E-state index is 0.259. The van der Waals surface area contributed by atoms with Crippen molar-refractivity contribution in [1.29, 1.82) is 0 Å². The van der Waals surface area contributed by atoms with Crippen LogP contribution in [0.4, 0.5) is 0 Å². The maximum absolute atomic E-state index is 12.3. The molecule has 0 fully saturated rings. The fourth-order valence-electron chi connectivity index (χ4n) is 2.48. The summed E-state index contributed by atoms with van der Waals surface area (Å²) >= 11 is 0. The summed E-state index contributed by atoms with van der Waals surface area (Å²) in [4.78, 5) is 0.261. The Morgan fingerprint density at radius 3 is 2.12 bits per heavy atom. The summed E-state index contributed by atoms with van der Waals surface area (Å²) in [6.07, 6.45) is 0.488. The van der Waals surface area contributed by atoms with E-state index in [1.54, 1.807) is 32.4 Å². The Morgan fingerprint density at radius 2 is 1.60 bits per heavy atom. The van der Waals surface area contributed by atoms with Gasteiger partial charge in [-0.3, -0.25) is 0 Å². The number of methoxy groups -OCH3 is 3. The van der Waals surface area contributed by atoms with E-state index < -0.39 is 10.0 Å². The van der Waals surface area contributed by atoms with E-state index in [0.29, 0.717) is 23.7 Å². The molecule has 25 heavy (non-hydrogen) atoms. The summed E-state index contributed by atoms with van der Waals surface area (Å²) in [5, 5.41) is 0. The number of ether oxygens (including phenoxy) is 3. The first-order chi connectivity index (χ1) is 11.9. The van der Waals surface area contributed by atoms with Crippen LogP contribution >= 0.6 is 0 Å². The molecular weight excluding hydrogens is 342 g/mol. The van der Waals surface area contributed by atoms with E-state index in [-0.39, 0.29) is 11.4 Å². The fourth-order valence-corrected chi connectivity index (χ4v) is 3.61. The topological polar surface area (TPSA) is 73.9 Å². The molecule has 0 aliphatic carbocycles. The smallest absolute Gasteiger partial charge is 0.240 e. The Bertz CT molecular complexity index is 808. The minimum atomic E-state index is -3.53. The zero-order valence-electron chi connectivity index (χ0n) is 14.8. The second kappa shape index (κ2) is 8.22. The van der Waals surface area contributed by atoms with Gasteiger partial charge in [0.25, 0.3) is 0 Å². The second-order valence-corrected chi connectivity index (χ2v) is 7.26. The van der Waals surface area contributed by atoms with Crippen molar-refractivity contribution in [3.63, 3.8) is 0 Å². The average Bonchev–Trinajstić information content (AvgIpc) is 2.60. The molecule has 0 unspecified atom stereocenters. The number of hydrogen-bond acceptors (Lipinski definition) is 5. The zero-order chi connectivity index (χ0) is 18.4. The third kappa shape index (κ3) is 4.64. The summed E-state index contributed by atoms with van der Waals surface area (Å²) in [6, 6.07) is 10.4. The SMILES string of the molecule is COc1cc(CCNS(=O)(=O)c2cccc(C)c2)cc(OC)c1OC. The zero-order valence-corrected chi connectivity index (χ0v) is 15.6. The Morgan fingerprint density at radius 1 is 0.960 bits per heavy atom. The van der Waals surface area contributed by atoms with Gasteiger partial charge in [0.15, 0.2) is 11.5 Å². The highest BCUT2D eigenvalue weighted by molar-refractivity contribution is 7.89. The standard InChI is InChI=1S/C18H23NO5S/c1-13-6-5-7-15(10-13)25(20,21)19-9-8-14-11-16(22-2)18(24-4)17(12-14)23-3/h5-7,10-12,19H,8-9H2,1-4H3. The maximum atomic E-state index is 12.3. The normalized spacial score (nSPS) is 11.2. The maximum Gasteiger partial charge on any atom is 0.240 e. The van der Waals surface area contributed by atoms with Gasteiger partial charge < -0.3 is 14.2 Å². The molecule has 0 atom stereocenters. The van der Waals surface area contributed by atoms with Gasteiger partial charge in [-0.25, -0.2) is 13.1 Å². The molecule has 0 heterocycles. The summed E-state index contributed by atoms with van der Waals surface area (Å²) in [7, 11) is 1.09. The number of aryl methyl sites for hydroxylation is 1. The van der Waals surface area contributed by atoms with Crippen molar-refractivity contribution in [2.75, 3.05) is 27.9 Å². The van der Waals surface area contributed by atoms with Crippen molar-refractivity contribution in [3.05, 3.63) is 47.5 Å². The Kier molecular flexibility index (Phi) is 6.27. The van der Waals surface area contributed by atoms with Crippen LogP contribution in [0.5, 0.6) is 17.2 Å². The molecule has 0 aliphatic rings. The molecule has 0 radical (unpaired) electrons. The van der Waals surface area contributed by atoms with Crippen LogP contribution in [0, 0.1) is 6.92 Å². The van der Waals surface area contributed by atoms with E-state index in [1.165, 1.54) is 7.11 Å². The molecule has 136 valence electrons. The van der Waals surface area contributed by atoms with Crippen LogP contribution < -0.4 is 18.9 Å². The van der Waals surface area contributed by atoms with E-state index in [1.807, 2.05) is 25.1 Å². The summed E-state index contributed by atoms with van der Waals surface area (Å²) in [6.45, 7) is 2.11. The van der Waals surface area contributed by atoms with Crippen LogP contribution in [0.1, 0.15) is 11.1 Å². The number of hydrogen-bond donors (Lipinski definition) is 1. The van der Waals surface area contributed by atoms with Gasteiger partial charge in [0, 0.05) is 6.54 Å². The molecule has 6 nitrogen and oxygen atoms in total. The molecule has 0 amide bonds. The predicted molar refractivity (Wildman–Crippen MR) is 96.2 cm³/mol. The van der Waals surface area contributed by atoms with Gasteiger partial charge in [-0.2, -0.15) is 0 Å². The average molecular weight is 365 g/mol. The lowest BCUT2D eigenvalue weighted by atomic mass is 10.1. The number of nitrogens with one attached hydrogen (secondary N) is 1. The molecule has 0 saturated heterocycles. The number of sulfonamides is 1. The summed E-state index contributed by atoms with van der Waals surface area (Å²) < 4.78 is 43.2. The van der Waals surface area contributed by atoms with Crippen LogP contribution in [0.2, 0.25) is 0 Å². The van der Waals surface area contributed by atoms with Gasteiger partial charge >= 0.3 is 0 Å². The Balaban J connectivity index is 2.11. The third-order valence-electron chi connectivity index (χ3n) is 3.73. The highest BCUT2D eigenvalue weighted by atomic mass is 32.2. The first-order valence-corrected chi connectivity index (χ1v) is 9.25. The molecule has 0 aromatic heterocycles. The van der Waals surface area contributed by atoms with Gasteiger partial charge in [-0.15, -0.1) is 0 Å². The van der Waals surface area contributed by atoms with Gasteiger partial charge in [-0.05, 0) is 48.7 Å². The van der Waals surface area contributed by atoms with Crippen molar-refractivity contribution in [3.8, 4) is 17.2 Å². The van der Waals surface area contributed by atoms with E-state index in [4.69, 9.17) is 14.2 Å². The first kappa shape index (κ1) is 19.1. The number of rotatable bonds is 8. The first-order valence-electron chi connectivity index (χ1n) is 7.76. The van der Waals surface area contributed by atoms with E-state index in [0.717, 1.165) is 11.1 Å². The molecule has 2 rings (SSSR count). The largest absolute Gasteiger partial charge is 0.493 e.